The lowest BCUT2D eigenvalue weighted by Crippen LogP contribution is -2.54. The highest BCUT2D eigenvalue weighted by molar-refractivity contribution is 5.84. The molecule has 0 aliphatic carbocycles. The van der Waals surface area contributed by atoms with Crippen LogP contribution in [0.1, 0.15) is 46.5 Å². The molecule has 1 saturated heterocycles. The molecule has 0 aromatic heterocycles. The zero-order valence-corrected chi connectivity index (χ0v) is 11.5. The lowest BCUT2D eigenvalue weighted by Gasteiger charge is -2.31. The van der Waals surface area contributed by atoms with Gasteiger partial charge in [0, 0.05) is 12.6 Å². The Morgan fingerprint density at radius 2 is 2.24 bits per heavy atom. The monoisotopic (exact) mass is 241 g/mol. The summed E-state index contributed by atoms with van der Waals surface area (Å²) >= 11 is 0. The molecule has 100 valence electrons. The molecular weight excluding hydrogens is 214 g/mol. The third-order valence-corrected chi connectivity index (χ3v) is 3.98. The molecule has 4 nitrogen and oxygen atoms in total. The van der Waals surface area contributed by atoms with Crippen LogP contribution < -0.4 is 11.1 Å². The van der Waals surface area contributed by atoms with E-state index in [9.17, 15) is 4.79 Å². The number of hydrogen-bond donors (Lipinski definition) is 2. The van der Waals surface area contributed by atoms with Crippen molar-refractivity contribution in [2.45, 2.75) is 58.0 Å². The molecule has 3 N–H and O–H groups in total. The molecule has 17 heavy (non-hydrogen) atoms. The van der Waals surface area contributed by atoms with Crippen LogP contribution in [0.3, 0.4) is 0 Å². The van der Waals surface area contributed by atoms with Crippen molar-refractivity contribution in [1.29, 1.82) is 0 Å². The van der Waals surface area contributed by atoms with E-state index in [1.54, 1.807) is 0 Å². The largest absolute Gasteiger partial charge is 0.368 e. The van der Waals surface area contributed by atoms with Gasteiger partial charge >= 0.3 is 0 Å². The zero-order valence-electron chi connectivity index (χ0n) is 11.5. The maximum absolute atomic E-state index is 11.5. The predicted octanol–water partition coefficient (Wildman–Crippen LogP) is 1.10. The van der Waals surface area contributed by atoms with Crippen molar-refractivity contribution in [3.05, 3.63) is 0 Å². The Kier molecular flexibility index (Phi) is 5.40. The Morgan fingerprint density at radius 1 is 1.53 bits per heavy atom. The summed E-state index contributed by atoms with van der Waals surface area (Å²) in [7, 11) is 0. The molecule has 2 unspecified atom stereocenters. The maximum atomic E-state index is 11.5. The van der Waals surface area contributed by atoms with E-state index in [2.05, 4.69) is 17.1 Å². The first-order chi connectivity index (χ1) is 8.03. The van der Waals surface area contributed by atoms with Gasteiger partial charge in [-0.2, -0.15) is 0 Å². The summed E-state index contributed by atoms with van der Waals surface area (Å²) in [6.45, 7) is 9.06. The average molecular weight is 241 g/mol. The fourth-order valence-electron chi connectivity index (χ4n) is 2.71. The number of nitrogens with zero attached hydrogens (tertiary/aromatic N) is 1. The first-order valence-corrected chi connectivity index (χ1v) is 6.82. The quantitative estimate of drug-likeness (QED) is 0.702. The topological polar surface area (TPSA) is 58.4 Å². The third-order valence-electron chi connectivity index (χ3n) is 3.98. The number of likely N-dealkylation sites (N-methyl/N-ethyl adjacent to an activating group) is 1. The highest BCUT2D eigenvalue weighted by Crippen LogP contribution is 2.21. The second-order valence-corrected chi connectivity index (χ2v) is 5.22. The summed E-state index contributed by atoms with van der Waals surface area (Å²) in [5.74, 6) is -0.244. The van der Waals surface area contributed by atoms with E-state index in [1.165, 1.54) is 25.8 Å². The normalized spacial score (nSPS) is 24.8. The molecular formula is C13H27N3O. The lowest BCUT2D eigenvalue weighted by molar-refractivity contribution is -0.124. The first-order valence-electron chi connectivity index (χ1n) is 6.82. The third kappa shape index (κ3) is 3.68. The molecule has 1 heterocycles. The van der Waals surface area contributed by atoms with Crippen LogP contribution in [0.5, 0.6) is 0 Å². The van der Waals surface area contributed by atoms with Crippen LogP contribution in [0.25, 0.3) is 0 Å². The number of rotatable bonds is 7. The molecule has 0 radical (unpaired) electrons. The SMILES string of the molecule is CCNC(C)(CCN1CCCC1CC)C(N)=O. The minimum absolute atomic E-state index is 0.244. The van der Waals surface area contributed by atoms with Crippen LogP contribution >= 0.6 is 0 Å². The van der Waals surface area contributed by atoms with Crippen molar-refractivity contribution in [1.82, 2.24) is 10.2 Å². The number of nitrogens with two attached hydrogens (primary N) is 1. The van der Waals surface area contributed by atoms with Gasteiger partial charge in [0.15, 0.2) is 0 Å². The van der Waals surface area contributed by atoms with Crippen LogP contribution in [0.15, 0.2) is 0 Å². The number of amides is 1. The summed E-state index contributed by atoms with van der Waals surface area (Å²) in [6, 6.07) is 0.703. The number of carbonyl (C=O) groups is 1. The minimum Gasteiger partial charge on any atom is -0.368 e. The van der Waals surface area contributed by atoms with Gasteiger partial charge in [-0.25, -0.2) is 0 Å². The number of nitrogens with one attached hydrogen (secondary N) is 1. The van der Waals surface area contributed by atoms with Crippen molar-refractivity contribution in [2.24, 2.45) is 5.73 Å². The van der Waals surface area contributed by atoms with Gasteiger partial charge in [-0.15, -0.1) is 0 Å². The van der Waals surface area contributed by atoms with E-state index in [4.69, 9.17) is 5.73 Å². The zero-order chi connectivity index (χ0) is 12.9. The molecule has 1 aliphatic rings. The standard InChI is InChI=1S/C13H27N3O/c1-4-11-7-6-9-16(11)10-8-13(3,12(14)17)15-5-2/h11,15H,4-10H2,1-3H3,(H2,14,17). The molecule has 2 atom stereocenters. The van der Waals surface area contributed by atoms with Crippen LogP contribution in [-0.4, -0.2) is 42.0 Å². The average Bonchev–Trinajstić information content (AvgIpc) is 2.74. The fraction of sp³-hybridized carbons (Fsp3) is 0.923. The van der Waals surface area contributed by atoms with E-state index in [1.807, 2.05) is 13.8 Å². The van der Waals surface area contributed by atoms with E-state index in [-0.39, 0.29) is 5.91 Å². The van der Waals surface area contributed by atoms with Crippen molar-refractivity contribution < 1.29 is 4.79 Å². The molecule has 4 heteroatoms. The van der Waals surface area contributed by atoms with Gasteiger partial charge in [-0.1, -0.05) is 13.8 Å². The number of hydrogen-bond acceptors (Lipinski definition) is 3. The summed E-state index contributed by atoms with van der Waals surface area (Å²) in [6.07, 6.45) is 4.58. The van der Waals surface area contributed by atoms with Crippen LogP contribution in [-0.2, 0) is 4.79 Å². The Morgan fingerprint density at radius 3 is 2.76 bits per heavy atom. The second-order valence-electron chi connectivity index (χ2n) is 5.22. The van der Waals surface area contributed by atoms with Crippen LogP contribution in [0, 0.1) is 0 Å². The minimum atomic E-state index is -0.560. The van der Waals surface area contributed by atoms with Gasteiger partial charge in [0.2, 0.25) is 5.91 Å². The molecule has 0 saturated carbocycles. The molecule has 1 aliphatic heterocycles. The van der Waals surface area contributed by atoms with Gasteiger partial charge in [-0.05, 0) is 45.7 Å². The Bertz CT molecular complexity index is 257. The van der Waals surface area contributed by atoms with Crippen molar-refractivity contribution in [3.8, 4) is 0 Å². The van der Waals surface area contributed by atoms with E-state index < -0.39 is 5.54 Å². The summed E-state index contributed by atoms with van der Waals surface area (Å²) in [5.41, 5.74) is 4.93. The van der Waals surface area contributed by atoms with E-state index in [0.717, 1.165) is 19.5 Å². The van der Waals surface area contributed by atoms with E-state index in [0.29, 0.717) is 6.04 Å². The predicted molar refractivity (Wildman–Crippen MR) is 70.8 cm³/mol. The van der Waals surface area contributed by atoms with Crippen LogP contribution in [0.4, 0.5) is 0 Å². The number of primary amides is 1. The molecule has 0 bridgehead atoms. The Hall–Kier alpha value is -0.610. The summed E-state index contributed by atoms with van der Waals surface area (Å²) < 4.78 is 0. The molecule has 0 aromatic carbocycles. The van der Waals surface area contributed by atoms with E-state index >= 15 is 0 Å². The molecule has 0 spiro atoms. The highest BCUT2D eigenvalue weighted by atomic mass is 16.1. The smallest absolute Gasteiger partial charge is 0.237 e. The van der Waals surface area contributed by atoms with Gasteiger partial charge in [0.1, 0.15) is 0 Å². The molecule has 1 fully saturated rings. The molecule has 1 rings (SSSR count). The van der Waals surface area contributed by atoms with Crippen molar-refractivity contribution >= 4 is 5.91 Å². The maximum Gasteiger partial charge on any atom is 0.237 e. The second kappa shape index (κ2) is 6.36. The van der Waals surface area contributed by atoms with Crippen molar-refractivity contribution in [2.75, 3.05) is 19.6 Å². The summed E-state index contributed by atoms with van der Waals surface area (Å²) in [5, 5.41) is 3.21. The van der Waals surface area contributed by atoms with Gasteiger partial charge < -0.3 is 16.0 Å². The lowest BCUT2D eigenvalue weighted by atomic mass is 9.96. The van der Waals surface area contributed by atoms with Gasteiger partial charge in [0.25, 0.3) is 0 Å². The Labute approximate surface area is 105 Å². The van der Waals surface area contributed by atoms with Gasteiger partial charge in [0.05, 0.1) is 5.54 Å². The highest BCUT2D eigenvalue weighted by Gasteiger charge is 2.32. The first kappa shape index (κ1) is 14.5. The molecule has 1 amide bonds. The van der Waals surface area contributed by atoms with Gasteiger partial charge in [-0.3, -0.25) is 4.79 Å². The number of likely N-dealkylation sites (tertiary alicyclic amines) is 1. The fourth-order valence-corrected chi connectivity index (χ4v) is 2.71. The van der Waals surface area contributed by atoms with Crippen LogP contribution in [0.2, 0.25) is 0 Å². The number of carbonyl (C=O) groups excluding carboxylic acids is 1. The molecule has 0 aromatic rings. The Balaban J connectivity index is 2.49. The summed E-state index contributed by atoms with van der Waals surface area (Å²) in [4.78, 5) is 14.0. The van der Waals surface area contributed by atoms with Crippen molar-refractivity contribution in [3.63, 3.8) is 0 Å².